The van der Waals surface area contributed by atoms with Gasteiger partial charge in [-0.25, -0.2) is 13.1 Å². The Labute approximate surface area is 166 Å². The van der Waals surface area contributed by atoms with Crippen molar-refractivity contribution in [2.45, 2.75) is 19.4 Å². The largest absolute Gasteiger partial charge is 0.299 e. The Kier molecular flexibility index (Phi) is 7.07. The molecule has 0 saturated carbocycles. The normalized spacial score (nSPS) is 16.8. The maximum atomic E-state index is 12.2. The highest BCUT2D eigenvalue weighted by Gasteiger charge is 2.21. The monoisotopic (exact) mass is 404 g/mol. The van der Waals surface area contributed by atoms with E-state index in [1.54, 1.807) is 6.08 Å². The molecule has 27 heavy (non-hydrogen) atoms. The molecule has 1 N–H and O–H groups in total. The number of benzene rings is 2. The minimum atomic E-state index is -3.41. The SMILES string of the molecule is O=S(=O)(C=Cc1ccccc1)NCC1CCN(Cc2ccccc2Cl)CC1. The van der Waals surface area contributed by atoms with Crippen molar-refractivity contribution in [3.63, 3.8) is 0 Å². The van der Waals surface area contributed by atoms with Crippen LogP contribution in [0.25, 0.3) is 6.08 Å². The fraction of sp³-hybridized carbons (Fsp3) is 0.333. The number of rotatable bonds is 7. The van der Waals surface area contributed by atoms with E-state index in [-0.39, 0.29) is 0 Å². The summed E-state index contributed by atoms with van der Waals surface area (Å²) in [5, 5.41) is 2.05. The third-order valence-electron chi connectivity index (χ3n) is 4.87. The zero-order valence-electron chi connectivity index (χ0n) is 15.2. The average Bonchev–Trinajstić information content (AvgIpc) is 2.69. The molecule has 1 aliphatic rings. The van der Waals surface area contributed by atoms with Crippen LogP contribution >= 0.6 is 11.6 Å². The van der Waals surface area contributed by atoms with Crippen molar-refractivity contribution in [2.75, 3.05) is 19.6 Å². The number of nitrogens with one attached hydrogen (secondary N) is 1. The van der Waals surface area contributed by atoms with Crippen molar-refractivity contribution in [1.82, 2.24) is 9.62 Å². The van der Waals surface area contributed by atoms with E-state index in [4.69, 9.17) is 11.6 Å². The summed E-state index contributed by atoms with van der Waals surface area (Å²) >= 11 is 6.24. The predicted octanol–water partition coefficient (Wildman–Crippen LogP) is 4.14. The number of hydrogen-bond acceptors (Lipinski definition) is 3. The van der Waals surface area contributed by atoms with Crippen LogP contribution in [0, 0.1) is 5.92 Å². The summed E-state index contributed by atoms with van der Waals surface area (Å²) in [5.41, 5.74) is 2.01. The maximum Gasteiger partial charge on any atom is 0.233 e. The van der Waals surface area contributed by atoms with Crippen LogP contribution in [-0.4, -0.2) is 33.0 Å². The second-order valence-electron chi connectivity index (χ2n) is 6.92. The summed E-state index contributed by atoms with van der Waals surface area (Å²) in [5.74, 6) is 0.368. The van der Waals surface area contributed by atoms with Crippen molar-refractivity contribution in [3.05, 3.63) is 76.2 Å². The molecule has 6 heteroatoms. The van der Waals surface area contributed by atoms with E-state index in [1.807, 2.05) is 48.5 Å². The summed E-state index contributed by atoms with van der Waals surface area (Å²) in [6.45, 7) is 3.24. The highest BCUT2D eigenvalue weighted by molar-refractivity contribution is 7.92. The average molecular weight is 405 g/mol. The van der Waals surface area contributed by atoms with Gasteiger partial charge in [-0.3, -0.25) is 4.90 Å². The van der Waals surface area contributed by atoms with Gasteiger partial charge in [0.25, 0.3) is 0 Å². The molecule has 1 fully saturated rings. The number of piperidine rings is 1. The summed E-state index contributed by atoms with van der Waals surface area (Å²) < 4.78 is 27.1. The molecule has 0 unspecified atom stereocenters. The first-order valence-electron chi connectivity index (χ1n) is 9.20. The number of hydrogen-bond donors (Lipinski definition) is 1. The van der Waals surface area contributed by atoms with E-state index in [1.165, 1.54) is 5.41 Å². The van der Waals surface area contributed by atoms with E-state index in [2.05, 4.69) is 15.7 Å². The zero-order chi connectivity index (χ0) is 19.1. The van der Waals surface area contributed by atoms with Crippen molar-refractivity contribution in [3.8, 4) is 0 Å². The minimum Gasteiger partial charge on any atom is -0.299 e. The Morgan fingerprint density at radius 2 is 1.70 bits per heavy atom. The number of likely N-dealkylation sites (tertiary alicyclic amines) is 1. The molecule has 0 aliphatic carbocycles. The van der Waals surface area contributed by atoms with Gasteiger partial charge < -0.3 is 0 Å². The highest BCUT2D eigenvalue weighted by Crippen LogP contribution is 2.22. The van der Waals surface area contributed by atoms with Gasteiger partial charge in [0.2, 0.25) is 10.0 Å². The Bertz CT molecular complexity index is 861. The Morgan fingerprint density at radius 3 is 2.41 bits per heavy atom. The molecule has 2 aromatic rings. The molecular formula is C21H25ClN2O2S. The van der Waals surface area contributed by atoms with Crippen LogP contribution in [0.15, 0.2) is 60.0 Å². The topological polar surface area (TPSA) is 49.4 Å². The fourth-order valence-corrected chi connectivity index (χ4v) is 4.33. The number of sulfonamides is 1. The standard InChI is InChI=1S/C21H25ClN2O2S/c22-21-9-5-4-8-20(21)17-24-13-10-19(11-14-24)16-23-27(25,26)15-12-18-6-2-1-3-7-18/h1-9,12,15,19,23H,10-11,13-14,16-17H2. The van der Waals surface area contributed by atoms with Crippen molar-refractivity contribution in [1.29, 1.82) is 0 Å². The summed E-state index contributed by atoms with van der Waals surface area (Å²) in [6, 6.07) is 17.3. The quantitative estimate of drug-likeness (QED) is 0.754. The van der Waals surface area contributed by atoms with Gasteiger partial charge in [-0.2, -0.15) is 0 Å². The summed E-state index contributed by atoms with van der Waals surface area (Å²) in [6.07, 6.45) is 3.58. The van der Waals surface area contributed by atoms with Crippen molar-refractivity contribution < 1.29 is 8.42 Å². The zero-order valence-corrected chi connectivity index (χ0v) is 16.8. The molecule has 0 spiro atoms. The van der Waals surface area contributed by atoms with Gasteiger partial charge in [-0.05, 0) is 55.1 Å². The van der Waals surface area contributed by atoms with E-state index in [0.29, 0.717) is 12.5 Å². The third kappa shape index (κ3) is 6.47. The lowest BCUT2D eigenvalue weighted by Crippen LogP contribution is -2.38. The lowest BCUT2D eigenvalue weighted by atomic mass is 9.97. The molecule has 3 rings (SSSR count). The van der Waals surface area contributed by atoms with Gasteiger partial charge in [-0.1, -0.05) is 60.1 Å². The minimum absolute atomic E-state index is 0.368. The smallest absolute Gasteiger partial charge is 0.233 e. The van der Waals surface area contributed by atoms with Crippen molar-refractivity contribution in [2.24, 2.45) is 5.92 Å². The molecule has 0 bridgehead atoms. The molecule has 0 amide bonds. The van der Waals surface area contributed by atoms with Crippen LogP contribution < -0.4 is 4.72 Å². The Hall–Kier alpha value is -1.66. The summed E-state index contributed by atoms with van der Waals surface area (Å²) in [4.78, 5) is 2.38. The van der Waals surface area contributed by atoms with Gasteiger partial charge in [0.05, 0.1) is 0 Å². The van der Waals surface area contributed by atoms with Crippen LogP contribution in [0.5, 0.6) is 0 Å². The van der Waals surface area contributed by atoms with Gasteiger partial charge in [0.1, 0.15) is 0 Å². The van der Waals surface area contributed by atoms with Gasteiger partial charge in [0, 0.05) is 23.5 Å². The van der Waals surface area contributed by atoms with Gasteiger partial charge in [0.15, 0.2) is 0 Å². The first-order chi connectivity index (χ1) is 13.0. The molecule has 4 nitrogen and oxygen atoms in total. The number of nitrogens with zero attached hydrogens (tertiary/aromatic N) is 1. The molecule has 1 aliphatic heterocycles. The molecule has 0 radical (unpaired) electrons. The maximum absolute atomic E-state index is 12.2. The van der Waals surface area contributed by atoms with Gasteiger partial charge >= 0.3 is 0 Å². The highest BCUT2D eigenvalue weighted by atomic mass is 35.5. The van der Waals surface area contributed by atoms with Gasteiger partial charge in [-0.15, -0.1) is 0 Å². The van der Waals surface area contributed by atoms with E-state index >= 15 is 0 Å². The first kappa shape index (κ1) is 20.1. The fourth-order valence-electron chi connectivity index (χ4n) is 3.23. The first-order valence-corrected chi connectivity index (χ1v) is 11.1. The molecule has 0 aromatic heterocycles. The third-order valence-corrected chi connectivity index (χ3v) is 6.30. The molecular weight excluding hydrogens is 380 g/mol. The van der Waals surface area contributed by atoms with E-state index in [9.17, 15) is 8.42 Å². The van der Waals surface area contributed by atoms with Crippen LogP contribution in [0.4, 0.5) is 0 Å². The second-order valence-corrected chi connectivity index (χ2v) is 8.98. The van der Waals surface area contributed by atoms with Crippen LogP contribution in [-0.2, 0) is 16.6 Å². The summed E-state index contributed by atoms with van der Waals surface area (Å²) in [7, 11) is -3.41. The molecule has 144 valence electrons. The Morgan fingerprint density at radius 1 is 1.04 bits per heavy atom. The second kappa shape index (κ2) is 9.51. The van der Waals surface area contributed by atoms with Crippen LogP contribution in [0.1, 0.15) is 24.0 Å². The predicted molar refractivity (Wildman–Crippen MR) is 112 cm³/mol. The lowest BCUT2D eigenvalue weighted by Gasteiger charge is -2.32. The van der Waals surface area contributed by atoms with Crippen molar-refractivity contribution >= 4 is 27.7 Å². The molecule has 1 heterocycles. The van der Waals surface area contributed by atoms with Crippen LogP contribution in [0.2, 0.25) is 5.02 Å². The van der Waals surface area contributed by atoms with Crippen LogP contribution in [0.3, 0.4) is 0 Å². The van der Waals surface area contributed by atoms with E-state index in [0.717, 1.165) is 48.6 Å². The molecule has 0 atom stereocenters. The lowest BCUT2D eigenvalue weighted by molar-refractivity contribution is 0.178. The van der Waals surface area contributed by atoms with E-state index < -0.39 is 10.0 Å². The Balaban J connectivity index is 1.44. The molecule has 1 saturated heterocycles. The molecule has 2 aromatic carbocycles. The number of halogens is 1.